The van der Waals surface area contributed by atoms with E-state index in [2.05, 4.69) is 15.6 Å². The Bertz CT molecular complexity index is 1030. The van der Waals surface area contributed by atoms with E-state index in [0.717, 1.165) is 0 Å². The molecular formula is C18H13Cl2N3O3. The fourth-order valence-electron chi connectivity index (χ4n) is 2.21. The summed E-state index contributed by atoms with van der Waals surface area (Å²) in [4.78, 5) is 27.3. The summed E-state index contributed by atoms with van der Waals surface area (Å²) in [7, 11) is 0. The number of hydrogen-bond acceptors (Lipinski definition) is 4. The maximum atomic E-state index is 12.0. The van der Waals surface area contributed by atoms with Crippen molar-refractivity contribution in [2.24, 2.45) is 0 Å². The van der Waals surface area contributed by atoms with Gasteiger partial charge in [-0.2, -0.15) is 4.98 Å². The Labute approximate surface area is 158 Å². The van der Waals surface area contributed by atoms with Gasteiger partial charge in [0.25, 0.3) is 5.91 Å². The molecule has 2 aromatic carbocycles. The van der Waals surface area contributed by atoms with E-state index in [1.807, 2.05) is 0 Å². The predicted molar refractivity (Wildman–Crippen MR) is 102 cm³/mol. The van der Waals surface area contributed by atoms with Gasteiger partial charge >= 0.3 is 6.01 Å². The molecule has 0 atom stereocenters. The molecule has 132 valence electrons. The first-order chi connectivity index (χ1) is 12.4. The van der Waals surface area contributed by atoms with E-state index in [0.29, 0.717) is 32.4 Å². The Balaban J connectivity index is 1.72. The zero-order valence-corrected chi connectivity index (χ0v) is 15.1. The number of carbonyl (C=O) groups excluding carboxylic acids is 2. The van der Waals surface area contributed by atoms with Crippen molar-refractivity contribution >= 4 is 63.9 Å². The van der Waals surface area contributed by atoms with Crippen LogP contribution >= 0.6 is 23.2 Å². The van der Waals surface area contributed by atoms with Crippen molar-refractivity contribution in [2.45, 2.75) is 6.92 Å². The number of carbonyl (C=O) groups is 2. The summed E-state index contributed by atoms with van der Waals surface area (Å²) >= 11 is 11.9. The highest BCUT2D eigenvalue weighted by Crippen LogP contribution is 2.23. The maximum Gasteiger partial charge on any atom is 0.302 e. The van der Waals surface area contributed by atoms with Gasteiger partial charge in [0.15, 0.2) is 5.58 Å². The van der Waals surface area contributed by atoms with Crippen molar-refractivity contribution < 1.29 is 14.0 Å². The summed E-state index contributed by atoms with van der Waals surface area (Å²) in [6.45, 7) is 1.41. The van der Waals surface area contributed by atoms with Gasteiger partial charge < -0.3 is 9.73 Å². The van der Waals surface area contributed by atoms with Crippen molar-refractivity contribution in [2.75, 3.05) is 10.6 Å². The molecule has 2 N–H and O–H groups in total. The van der Waals surface area contributed by atoms with Crippen molar-refractivity contribution in [3.05, 3.63) is 58.1 Å². The molecule has 2 amide bonds. The molecule has 3 aromatic rings. The van der Waals surface area contributed by atoms with E-state index in [4.69, 9.17) is 27.6 Å². The van der Waals surface area contributed by atoms with E-state index in [1.165, 1.54) is 13.0 Å². The highest BCUT2D eigenvalue weighted by Gasteiger charge is 2.09. The molecular weight excluding hydrogens is 377 g/mol. The SMILES string of the molecule is CC(=O)Nc1ccc2nc(NC(=O)/C=C/c3ccc(Cl)cc3Cl)oc2c1. The Morgan fingerprint density at radius 3 is 2.65 bits per heavy atom. The molecule has 0 saturated carbocycles. The number of aromatic nitrogens is 1. The molecule has 0 saturated heterocycles. The lowest BCUT2D eigenvalue weighted by Crippen LogP contribution is -2.07. The van der Waals surface area contributed by atoms with Crippen LogP contribution in [0.25, 0.3) is 17.2 Å². The maximum absolute atomic E-state index is 12.0. The van der Waals surface area contributed by atoms with E-state index in [1.54, 1.807) is 42.5 Å². The third kappa shape index (κ3) is 4.41. The summed E-state index contributed by atoms with van der Waals surface area (Å²) in [5, 5.41) is 6.13. The van der Waals surface area contributed by atoms with Crippen molar-refractivity contribution in [1.29, 1.82) is 0 Å². The third-order valence-corrected chi connectivity index (χ3v) is 3.88. The molecule has 6 nitrogen and oxygen atoms in total. The van der Waals surface area contributed by atoms with Gasteiger partial charge in [0, 0.05) is 34.8 Å². The molecule has 0 fully saturated rings. The van der Waals surface area contributed by atoms with Crippen LogP contribution in [0.1, 0.15) is 12.5 Å². The van der Waals surface area contributed by atoms with E-state index in [9.17, 15) is 9.59 Å². The Morgan fingerprint density at radius 2 is 1.92 bits per heavy atom. The molecule has 0 aliphatic carbocycles. The molecule has 0 spiro atoms. The van der Waals surface area contributed by atoms with Crippen LogP contribution in [-0.4, -0.2) is 16.8 Å². The van der Waals surface area contributed by atoms with Gasteiger partial charge in [-0.05, 0) is 35.9 Å². The fourth-order valence-corrected chi connectivity index (χ4v) is 2.68. The minimum absolute atomic E-state index is 0.0526. The number of halogens is 2. The van der Waals surface area contributed by atoms with Crippen LogP contribution in [0, 0.1) is 0 Å². The van der Waals surface area contributed by atoms with Crippen molar-refractivity contribution in [1.82, 2.24) is 4.98 Å². The number of nitrogens with one attached hydrogen (secondary N) is 2. The van der Waals surface area contributed by atoms with E-state index >= 15 is 0 Å². The van der Waals surface area contributed by atoms with Crippen LogP contribution < -0.4 is 10.6 Å². The minimum Gasteiger partial charge on any atom is -0.423 e. The minimum atomic E-state index is -0.426. The number of benzene rings is 2. The molecule has 0 aliphatic rings. The molecule has 3 rings (SSSR count). The lowest BCUT2D eigenvalue weighted by atomic mass is 10.2. The van der Waals surface area contributed by atoms with Gasteiger partial charge in [-0.15, -0.1) is 0 Å². The normalized spacial score (nSPS) is 11.0. The third-order valence-electron chi connectivity index (χ3n) is 3.32. The average Bonchev–Trinajstić information content (AvgIpc) is 2.94. The Morgan fingerprint density at radius 1 is 1.12 bits per heavy atom. The first-order valence-electron chi connectivity index (χ1n) is 7.53. The second kappa shape index (κ2) is 7.59. The molecule has 0 bridgehead atoms. The zero-order chi connectivity index (χ0) is 18.7. The smallest absolute Gasteiger partial charge is 0.302 e. The number of fused-ring (bicyclic) bond motifs is 1. The lowest BCUT2D eigenvalue weighted by molar-refractivity contribution is -0.114. The molecule has 8 heteroatoms. The molecule has 1 aromatic heterocycles. The second-order valence-electron chi connectivity index (χ2n) is 5.37. The van der Waals surface area contributed by atoms with Crippen LogP contribution in [0.15, 0.2) is 46.9 Å². The first-order valence-corrected chi connectivity index (χ1v) is 8.28. The Kier molecular flexibility index (Phi) is 5.25. The number of oxazole rings is 1. The highest BCUT2D eigenvalue weighted by atomic mass is 35.5. The number of rotatable bonds is 4. The largest absolute Gasteiger partial charge is 0.423 e. The fraction of sp³-hybridized carbons (Fsp3) is 0.0556. The van der Waals surface area contributed by atoms with Crippen LogP contribution in [-0.2, 0) is 9.59 Å². The summed E-state index contributed by atoms with van der Waals surface area (Å²) < 4.78 is 5.48. The molecule has 0 radical (unpaired) electrons. The second-order valence-corrected chi connectivity index (χ2v) is 6.21. The molecule has 0 aliphatic heterocycles. The summed E-state index contributed by atoms with van der Waals surface area (Å²) in [6, 6.07) is 10.0. The van der Waals surface area contributed by atoms with Crippen LogP contribution in [0.5, 0.6) is 0 Å². The average molecular weight is 390 g/mol. The number of nitrogens with zero attached hydrogens (tertiary/aromatic N) is 1. The standard InChI is InChI=1S/C18H13Cl2N3O3/c1-10(24)21-13-5-6-15-16(9-13)26-18(22-15)23-17(25)7-3-11-2-4-12(19)8-14(11)20/h2-9H,1H3,(H,21,24)(H,22,23,25)/b7-3+. The monoisotopic (exact) mass is 389 g/mol. The van der Waals surface area contributed by atoms with Gasteiger partial charge in [0.2, 0.25) is 5.91 Å². The quantitative estimate of drug-likeness (QED) is 0.630. The predicted octanol–water partition coefficient (Wildman–Crippen LogP) is 4.74. The van der Waals surface area contributed by atoms with Gasteiger partial charge in [0.1, 0.15) is 5.52 Å². The number of anilines is 2. The summed E-state index contributed by atoms with van der Waals surface area (Å²) in [5.74, 6) is -0.618. The summed E-state index contributed by atoms with van der Waals surface area (Å²) in [6.07, 6.45) is 2.87. The van der Waals surface area contributed by atoms with Gasteiger partial charge in [0.05, 0.1) is 0 Å². The van der Waals surface area contributed by atoms with Gasteiger partial charge in [-0.1, -0.05) is 29.3 Å². The van der Waals surface area contributed by atoms with Crippen LogP contribution in [0.2, 0.25) is 10.0 Å². The molecule has 26 heavy (non-hydrogen) atoms. The lowest BCUT2D eigenvalue weighted by Gasteiger charge is -1.99. The number of amides is 2. The van der Waals surface area contributed by atoms with Crippen LogP contribution in [0.3, 0.4) is 0 Å². The molecule has 1 heterocycles. The zero-order valence-electron chi connectivity index (χ0n) is 13.5. The highest BCUT2D eigenvalue weighted by molar-refractivity contribution is 6.35. The topological polar surface area (TPSA) is 84.2 Å². The van der Waals surface area contributed by atoms with E-state index < -0.39 is 5.91 Å². The van der Waals surface area contributed by atoms with E-state index in [-0.39, 0.29) is 11.9 Å². The van der Waals surface area contributed by atoms with Gasteiger partial charge in [-0.3, -0.25) is 14.9 Å². The first kappa shape index (κ1) is 18.0. The summed E-state index contributed by atoms with van der Waals surface area (Å²) in [5.41, 5.74) is 2.23. The molecule has 0 unspecified atom stereocenters. The van der Waals surface area contributed by atoms with Crippen LogP contribution in [0.4, 0.5) is 11.7 Å². The van der Waals surface area contributed by atoms with Crippen molar-refractivity contribution in [3.63, 3.8) is 0 Å². The Hall–Kier alpha value is -2.83. The number of hydrogen-bond donors (Lipinski definition) is 2. The van der Waals surface area contributed by atoms with Gasteiger partial charge in [-0.25, -0.2) is 0 Å². The van der Waals surface area contributed by atoms with Crippen molar-refractivity contribution in [3.8, 4) is 0 Å².